The predicted molar refractivity (Wildman–Crippen MR) is 54.7 cm³/mol. The summed E-state index contributed by atoms with van der Waals surface area (Å²) in [6.45, 7) is 3.84. The normalized spacial score (nSPS) is 19.8. The van der Waals surface area contributed by atoms with Gasteiger partial charge in [0.05, 0.1) is 0 Å². The summed E-state index contributed by atoms with van der Waals surface area (Å²) in [6, 6.07) is 0. The van der Waals surface area contributed by atoms with Crippen molar-refractivity contribution in [3.63, 3.8) is 0 Å². The highest BCUT2D eigenvalue weighted by atomic mass is 14.6. The first-order valence-electron chi connectivity index (χ1n) is 4.65. The molecule has 0 unspecified atom stereocenters. The molecule has 0 N–H and O–H groups in total. The van der Waals surface area contributed by atoms with Crippen molar-refractivity contribution in [2.24, 2.45) is 4.99 Å². The van der Waals surface area contributed by atoms with Crippen molar-refractivity contribution in [2.45, 2.75) is 32.1 Å². The molecule has 0 saturated carbocycles. The molecule has 12 heavy (non-hydrogen) atoms. The van der Waals surface area contributed by atoms with E-state index in [-0.39, 0.29) is 0 Å². The fourth-order valence-electron chi connectivity index (χ4n) is 1.67. The maximum absolute atomic E-state index is 4.07. The quantitative estimate of drug-likeness (QED) is 0.554. The minimum atomic E-state index is 1.18. The van der Waals surface area contributed by atoms with E-state index in [0.29, 0.717) is 0 Å². The SMILES string of the molecule is C=CC1=C(/C=N\C)CCCCC1. The summed E-state index contributed by atoms with van der Waals surface area (Å²) >= 11 is 0. The van der Waals surface area contributed by atoms with Gasteiger partial charge in [-0.05, 0) is 36.8 Å². The van der Waals surface area contributed by atoms with E-state index in [1.54, 1.807) is 0 Å². The van der Waals surface area contributed by atoms with Gasteiger partial charge in [-0.1, -0.05) is 19.1 Å². The third kappa shape index (κ3) is 2.33. The summed E-state index contributed by atoms with van der Waals surface area (Å²) in [6.07, 6.45) is 10.3. The van der Waals surface area contributed by atoms with Gasteiger partial charge < -0.3 is 0 Å². The van der Waals surface area contributed by atoms with Crippen molar-refractivity contribution in [1.82, 2.24) is 0 Å². The van der Waals surface area contributed by atoms with E-state index in [1.165, 1.54) is 43.3 Å². The number of hydrogen-bond donors (Lipinski definition) is 0. The smallest absolute Gasteiger partial charge is 0.0277 e. The number of aliphatic imine (C=N–C) groups is 1. The molecule has 0 heterocycles. The molecule has 0 aromatic heterocycles. The van der Waals surface area contributed by atoms with E-state index in [2.05, 4.69) is 11.6 Å². The molecule has 1 nitrogen and oxygen atoms in total. The first-order chi connectivity index (χ1) is 5.88. The summed E-state index contributed by atoms with van der Waals surface area (Å²) in [5, 5.41) is 0. The molecule has 1 aliphatic carbocycles. The molecular weight excluding hydrogens is 146 g/mol. The van der Waals surface area contributed by atoms with E-state index in [1.807, 2.05) is 19.3 Å². The Hall–Kier alpha value is -0.850. The number of rotatable bonds is 2. The second-order valence-electron chi connectivity index (χ2n) is 3.20. The van der Waals surface area contributed by atoms with Crippen LogP contribution in [-0.2, 0) is 0 Å². The predicted octanol–water partition coefficient (Wildman–Crippen LogP) is 3.13. The van der Waals surface area contributed by atoms with Gasteiger partial charge in [0.25, 0.3) is 0 Å². The van der Waals surface area contributed by atoms with Crippen molar-refractivity contribution in [2.75, 3.05) is 7.05 Å². The molecule has 1 heteroatoms. The van der Waals surface area contributed by atoms with Gasteiger partial charge in [-0.15, -0.1) is 0 Å². The summed E-state index contributed by atoms with van der Waals surface area (Å²) in [5.41, 5.74) is 2.79. The van der Waals surface area contributed by atoms with Crippen LogP contribution in [0.5, 0.6) is 0 Å². The van der Waals surface area contributed by atoms with Gasteiger partial charge >= 0.3 is 0 Å². The van der Waals surface area contributed by atoms with Crippen LogP contribution >= 0.6 is 0 Å². The van der Waals surface area contributed by atoms with Crippen molar-refractivity contribution < 1.29 is 0 Å². The zero-order valence-electron chi connectivity index (χ0n) is 7.84. The minimum Gasteiger partial charge on any atom is -0.296 e. The van der Waals surface area contributed by atoms with Crippen LogP contribution in [0, 0.1) is 0 Å². The molecule has 0 aromatic carbocycles. The van der Waals surface area contributed by atoms with Gasteiger partial charge in [-0.2, -0.15) is 0 Å². The molecular formula is C11H17N. The van der Waals surface area contributed by atoms with Crippen LogP contribution in [0.4, 0.5) is 0 Å². The molecule has 0 saturated heterocycles. The van der Waals surface area contributed by atoms with Crippen LogP contribution in [0.2, 0.25) is 0 Å². The van der Waals surface area contributed by atoms with Crippen LogP contribution in [0.25, 0.3) is 0 Å². The number of allylic oxidation sites excluding steroid dienone is 3. The zero-order chi connectivity index (χ0) is 8.81. The Labute approximate surface area is 74.9 Å². The highest BCUT2D eigenvalue weighted by molar-refractivity contribution is 5.80. The van der Waals surface area contributed by atoms with E-state index < -0.39 is 0 Å². The third-order valence-electron chi connectivity index (χ3n) is 2.34. The Morgan fingerprint density at radius 2 is 1.83 bits per heavy atom. The minimum absolute atomic E-state index is 1.18. The van der Waals surface area contributed by atoms with E-state index in [0.717, 1.165) is 0 Å². The summed E-state index contributed by atoms with van der Waals surface area (Å²) in [5.74, 6) is 0. The average molecular weight is 163 g/mol. The van der Waals surface area contributed by atoms with Gasteiger partial charge in [0.15, 0.2) is 0 Å². The van der Waals surface area contributed by atoms with E-state index >= 15 is 0 Å². The number of nitrogens with zero attached hydrogens (tertiary/aromatic N) is 1. The van der Waals surface area contributed by atoms with Crippen LogP contribution < -0.4 is 0 Å². The summed E-state index contributed by atoms with van der Waals surface area (Å²) < 4.78 is 0. The first-order valence-corrected chi connectivity index (χ1v) is 4.65. The van der Waals surface area contributed by atoms with Crippen LogP contribution in [0.15, 0.2) is 28.8 Å². The average Bonchev–Trinajstić information content (AvgIpc) is 2.30. The molecule has 1 aliphatic rings. The Morgan fingerprint density at radius 3 is 2.42 bits per heavy atom. The van der Waals surface area contributed by atoms with Crippen LogP contribution in [-0.4, -0.2) is 13.3 Å². The zero-order valence-corrected chi connectivity index (χ0v) is 7.84. The van der Waals surface area contributed by atoms with Gasteiger partial charge in [0, 0.05) is 13.3 Å². The largest absolute Gasteiger partial charge is 0.296 e. The Balaban J connectivity index is 2.81. The fraction of sp³-hybridized carbons (Fsp3) is 0.545. The lowest BCUT2D eigenvalue weighted by molar-refractivity contribution is 0.712. The molecule has 0 aliphatic heterocycles. The second-order valence-corrected chi connectivity index (χ2v) is 3.20. The molecule has 0 atom stereocenters. The van der Waals surface area contributed by atoms with Crippen LogP contribution in [0.3, 0.4) is 0 Å². The van der Waals surface area contributed by atoms with Gasteiger partial charge in [0.2, 0.25) is 0 Å². The highest BCUT2D eigenvalue weighted by Gasteiger charge is 2.06. The Bertz CT molecular complexity index is 211. The summed E-state index contributed by atoms with van der Waals surface area (Å²) in [4.78, 5) is 4.07. The lowest BCUT2D eigenvalue weighted by Gasteiger charge is -2.02. The molecule has 0 amide bonds. The van der Waals surface area contributed by atoms with Crippen molar-refractivity contribution >= 4 is 6.21 Å². The highest BCUT2D eigenvalue weighted by Crippen LogP contribution is 2.22. The Morgan fingerprint density at radius 1 is 1.17 bits per heavy atom. The first kappa shape index (κ1) is 9.24. The lowest BCUT2D eigenvalue weighted by atomic mass is 10.0. The van der Waals surface area contributed by atoms with Crippen molar-refractivity contribution in [1.29, 1.82) is 0 Å². The molecule has 0 aromatic rings. The fourth-order valence-corrected chi connectivity index (χ4v) is 1.67. The standard InChI is InChI=1S/C11H17N/c1-3-10-7-5-4-6-8-11(10)9-12-2/h3,9H,1,4-8H2,2H3/b12-9-. The van der Waals surface area contributed by atoms with Gasteiger partial charge in [-0.3, -0.25) is 4.99 Å². The van der Waals surface area contributed by atoms with Crippen LogP contribution in [0.1, 0.15) is 32.1 Å². The Kier molecular flexibility index (Phi) is 3.78. The molecule has 66 valence electrons. The molecule has 0 spiro atoms. The topological polar surface area (TPSA) is 12.4 Å². The maximum atomic E-state index is 4.07. The molecule has 0 bridgehead atoms. The second kappa shape index (κ2) is 4.91. The summed E-state index contributed by atoms with van der Waals surface area (Å²) in [7, 11) is 1.83. The van der Waals surface area contributed by atoms with Crippen molar-refractivity contribution in [3.05, 3.63) is 23.8 Å². The van der Waals surface area contributed by atoms with Crippen molar-refractivity contribution in [3.8, 4) is 0 Å². The number of hydrogen-bond acceptors (Lipinski definition) is 1. The third-order valence-corrected chi connectivity index (χ3v) is 2.34. The lowest BCUT2D eigenvalue weighted by Crippen LogP contribution is -1.89. The van der Waals surface area contributed by atoms with Gasteiger partial charge in [-0.25, -0.2) is 0 Å². The molecule has 0 radical (unpaired) electrons. The van der Waals surface area contributed by atoms with Gasteiger partial charge in [0.1, 0.15) is 0 Å². The maximum Gasteiger partial charge on any atom is 0.0277 e. The monoisotopic (exact) mass is 163 g/mol. The van der Waals surface area contributed by atoms with E-state index in [9.17, 15) is 0 Å². The van der Waals surface area contributed by atoms with E-state index in [4.69, 9.17) is 0 Å². The molecule has 1 rings (SSSR count). The molecule has 0 fully saturated rings.